The van der Waals surface area contributed by atoms with Crippen LogP contribution in [0.3, 0.4) is 0 Å². The molecule has 0 spiro atoms. The standard InChI is InChI=1S/C17H18N2O3/c1-19(2)17(21)18-14-11-13(9-10-15(14)22-3)16(20)12-7-5-4-6-8-12/h4-11H,1-3H3,(H,18,21). The second-order valence-corrected chi connectivity index (χ2v) is 4.93. The molecule has 0 saturated carbocycles. The molecule has 0 bridgehead atoms. The van der Waals surface area contributed by atoms with Gasteiger partial charge in [-0.1, -0.05) is 30.3 Å². The summed E-state index contributed by atoms with van der Waals surface area (Å²) in [5.74, 6) is 0.392. The second kappa shape index (κ2) is 6.76. The first-order valence-electron chi connectivity index (χ1n) is 6.79. The Morgan fingerprint density at radius 1 is 1.00 bits per heavy atom. The van der Waals surface area contributed by atoms with Gasteiger partial charge in [-0.2, -0.15) is 0 Å². The van der Waals surface area contributed by atoms with E-state index < -0.39 is 0 Å². The van der Waals surface area contributed by atoms with E-state index in [0.29, 0.717) is 22.6 Å². The number of hydrogen-bond donors (Lipinski definition) is 1. The second-order valence-electron chi connectivity index (χ2n) is 4.93. The minimum Gasteiger partial charge on any atom is -0.495 e. The summed E-state index contributed by atoms with van der Waals surface area (Å²) in [6.45, 7) is 0. The Morgan fingerprint density at radius 3 is 2.27 bits per heavy atom. The fourth-order valence-corrected chi connectivity index (χ4v) is 1.93. The minimum absolute atomic E-state index is 0.108. The molecule has 2 aromatic carbocycles. The molecule has 0 fully saturated rings. The molecular weight excluding hydrogens is 280 g/mol. The minimum atomic E-state index is -0.289. The van der Waals surface area contributed by atoms with E-state index in [1.54, 1.807) is 44.4 Å². The van der Waals surface area contributed by atoms with Crippen molar-refractivity contribution in [2.75, 3.05) is 26.5 Å². The monoisotopic (exact) mass is 298 g/mol. The highest BCUT2D eigenvalue weighted by molar-refractivity contribution is 6.10. The van der Waals surface area contributed by atoms with Crippen molar-refractivity contribution < 1.29 is 14.3 Å². The lowest BCUT2D eigenvalue weighted by atomic mass is 10.0. The predicted octanol–water partition coefficient (Wildman–Crippen LogP) is 3.02. The molecule has 0 atom stereocenters. The summed E-state index contributed by atoms with van der Waals surface area (Å²) >= 11 is 0. The third kappa shape index (κ3) is 3.44. The van der Waals surface area contributed by atoms with Crippen LogP contribution in [-0.4, -0.2) is 37.9 Å². The van der Waals surface area contributed by atoms with Crippen LogP contribution in [0.4, 0.5) is 10.5 Å². The van der Waals surface area contributed by atoms with Crippen molar-refractivity contribution in [3.05, 3.63) is 59.7 Å². The maximum atomic E-state index is 12.5. The summed E-state index contributed by atoms with van der Waals surface area (Å²) in [6.07, 6.45) is 0. The SMILES string of the molecule is COc1ccc(C(=O)c2ccccc2)cc1NC(=O)N(C)C. The molecule has 0 aliphatic heterocycles. The molecule has 0 heterocycles. The van der Waals surface area contributed by atoms with Gasteiger partial charge in [0.25, 0.3) is 0 Å². The van der Waals surface area contributed by atoms with Gasteiger partial charge in [-0.3, -0.25) is 4.79 Å². The fourth-order valence-electron chi connectivity index (χ4n) is 1.93. The number of ketones is 1. The zero-order valence-corrected chi connectivity index (χ0v) is 12.8. The summed E-state index contributed by atoms with van der Waals surface area (Å²) in [5.41, 5.74) is 1.54. The van der Waals surface area contributed by atoms with Crippen molar-refractivity contribution in [1.29, 1.82) is 0 Å². The van der Waals surface area contributed by atoms with Gasteiger partial charge >= 0.3 is 6.03 Å². The van der Waals surface area contributed by atoms with Crippen LogP contribution in [0.15, 0.2) is 48.5 Å². The largest absolute Gasteiger partial charge is 0.495 e. The molecule has 1 N–H and O–H groups in total. The molecule has 2 aromatic rings. The van der Waals surface area contributed by atoms with Crippen molar-refractivity contribution in [2.24, 2.45) is 0 Å². The fraction of sp³-hybridized carbons (Fsp3) is 0.176. The van der Waals surface area contributed by atoms with Gasteiger partial charge in [0.05, 0.1) is 12.8 Å². The van der Waals surface area contributed by atoms with E-state index in [1.807, 2.05) is 18.2 Å². The highest BCUT2D eigenvalue weighted by Crippen LogP contribution is 2.26. The van der Waals surface area contributed by atoms with E-state index in [4.69, 9.17) is 4.74 Å². The highest BCUT2D eigenvalue weighted by Gasteiger charge is 2.14. The van der Waals surface area contributed by atoms with Crippen molar-refractivity contribution in [1.82, 2.24) is 4.90 Å². The average molecular weight is 298 g/mol. The van der Waals surface area contributed by atoms with Crippen molar-refractivity contribution in [2.45, 2.75) is 0 Å². The van der Waals surface area contributed by atoms with Gasteiger partial charge in [0.2, 0.25) is 0 Å². The molecule has 0 saturated heterocycles. The van der Waals surface area contributed by atoms with Crippen molar-refractivity contribution >= 4 is 17.5 Å². The Balaban J connectivity index is 2.34. The number of hydrogen-bond acceptors (Lipinski definition) is 3. The molecule has 114 valence electrons. The molecule has 0 aromatic heterocycles. The summed E-state index contributed by atoms with van der Waals surface area (Å²) in [7, 11) is 4.79. The van der Waals surface area contributed by atoms with Gasteiger partial charge in [0, 0.05) is 25.2 Å². The topological polar surface area (TPSA) is 58.6 Å². The molecule has 0 unspecified atom stereocenters. The summed E-state index contributed by atoms with van der Waals surface area (Å²) in [6, 6.07) is 13.7. The number of amides is 2. The molecule has 2 rings (SSSR count). The first-order chi connectivity index (χ1) is 10.5. The van der Waals surface area contributed by atoms with E-state index >= 15 is 0 Å². The van der Waals surface area contributed by atoms with E-state index in [9.17, 15) is 9.59 Å². The quantitative estimate of drug-likeness (QED) is 0.883. The number of nitrogens with one attached hydrogen (secondary N) is 1. The molecular formula is C17H18N2O3. The third-order valence-electron chi connectivity index (χ3n) is 3.15. The van der Waals surface area contributed by atoms with Gasteiger partial charge in [-0.05, 0) is 18.2 Å². The lowest BCUT2D eigenvalue weighted by Crippen LogP contribution is -2.27. The lowest BCUT2D eigenvalue weighted by molar-refractivity contribution is 0.103. The van der Waals surface area contributed by atoms with Gasteiger partial charge in [0.15, 0.2) is 5.78 Å². The number of ether oxygens (including phenoxy) is 1. The van der Waals surface area contributed by atoms with Gasteiger partial charge in [-0.25, -0.2) is 4.79 Å². The van der Waals surface area contributed by atoms with Crippen LogP contribution in [0.1, 0.15) is 15.9 Å². The number of carbonyl (C=O) groups excluding carboxylic acids is 2. The number of rotatable bonds is 4. The molecule has 5 heteroatoms. The predicted molar refractivity (Wildman–Crippen MR) is 85.6 cm³/mol. The number of nitrogens with zero attached hydrogens (tertiary/aromatic N) is 1. The first-order valence-corrected chi connectivity index (χ1v) is 6.79. The highest BCUT2D eigenvalue weighted by atomic mass is 16.5. The van der Waals surface area contributed by atoms with Gasteiger partial charge in [0.1, 0.15) is 5.75 Å². The molecule has 5 nitrogen and oxygen atoms in total. The summed E-state index contributed by atoms with van der Waals surface area (Å²) in [5, 5.41) is 2.72. The molecule has 22 heavy (non-hydrogen) atoms. The number of anilines is 1. The Morgan fingerprint density at radius 2 is 1.68 bits per heavy atom. The van der Waals surface area contributed by atoms with Gasteiger partial charge < -0.3 is 15.0 Å². The number of methoxy groups -OCH3 is 1. The Kier molecular flexibility index (Phi) is 4.78. The van der Waals surface area contributed by atoms with Crippen LogP contribution >= 0.6 is 0 Å². The molecule has 0 radical (unpaired) electrons. The molecule has 0 aliphatic carbocycles. The maximum Gasteiger partial charge on any atom is 0.321 e. The van der Waals surface area contributed by atoms with E-state index in [2.05, 4.69) is 5.32 Å². The van der Waals surface area contributed by atoms with Crippen LogP contribution in [-0.2, 0) is 0 Å². The molecule has 0 aliphatic rings. The van der Waals surface area contributed by atoms with Crippen LogP contribution in [0.25, 0.3) is 0 Å². The maximum absolute atomic E-state index is 12.5. The smallest absolute Gasteiger partial charge is 0.321 e. The zero-order chi connectivity index (χ0) is 16.1. The third-order valence-corrected chi connectivity index (χ3v) is 3.15. The van der Waals surface area contributed by atoms with Crippen LogP contribution < -0.4 is 10.1 Å². The first kappa shape index (κ1) is 15.6. The average Bonchev–Trinajstić information content (AvgIpc) is 2.54. The van der Waals surface area contributed by atoms with E-state index in [0.717, 1.165) is 0 Å². The van der Waals surface area contributed by atoms with Crippen molar-refractivity contribution in [3.8, 4) is 5.75 Å². The van der Waals surface area contributed by atoms with Gasteiger partial charge in [-0.15, -0.1) is 0 Å². The lowest BCUT2D eigenvalue weighted by Gasteiger charge is -2.15. The Hall–Kier alpha value is -2.82. The van der Waals surface area contributed by atoms with Crippen LogP contribution in [0.5, 0.6) is 5.75 Å². The number of carbonyl (C=O) groups is 2. The summed E-state index contributed by atoms with van der Waals surface area (Å²) < 4.78 is 5.22. The van der Waals surface area contributed by atoms with Crippen LogP contribution in [0, 0.1) is 0 Å². The number of benzene rings is 2. The molecule has 2 amide bonds. The normalized spacial score (nSPS) is 9.95. The Labute approximate surface area is 129 Å². The Bertz CT molecular complexity index is 682. The van der Waals surface area contributed by atoms with E-state index in [1.165, 1.54) is 12.0 Å². The van der Waals surface area contributed by atoms with Crippen LogP contribution in [0.2, 0.25) is 0 Å². The number of urea groups is 1. The van der Waals surface area contributed by atoms with Crippen molar-refractivity contribution in [3.63, 3.8) is 0 Å². The zero-order valence-electron chi connectivity index (χ0n) is 12.8. The summed E-state index contributed by atoms with van der Waals surface area (Å²) in [4.78, 5) is 25.7. The van der Waals surface area contributed by atoms with E-state index in [-0.39, 0.29) is 11.8 Å².